The predicted octanol–water partition coefficient (Wildman–Crippen LogP) is 3.73. The van der Waals surface area contributed by atoms with Gasteiger partial charge < -0.3 is 8.83 Å². The van der Waals surface area contributed by atoms with Crippen molar-refractivity contribution in [3.8, 4) is 0 Å². The molecule has 0 saturated heterocycles. The molecule has 3 heteroatoms. The summed E-state index contributed by atoms with van der Waals surface area (Å²) in [7, 11) is 0. The van der Waals surface area contributed by atoms with Crippen molar-refractivity contribution in [3.05, 3.63) is 45.5 Å². The molecule has 0 atom stereocenters. The van der Waals surface area contributed by atoms with Crippen molar-refractivity contribution in [2.75, 3.05) is 0 Å². The SMILES string of the molecule is Cc1cc2ccc(=O)oc2c2c3c(oc12)CCCC3. The van der Waals surface area contributed by atoms with E-state index in [1.54, 1.807) is 0 Å². The van der Waals surface area contributed by atoms with Gasteiger partial charge in [-0.2, -0.15) is 0 Å². The van der Waals surface area contributed by atoms with Crippen LogP contribution in [0.15, 0.2) is 31.8 Å². The number of fused-ring (bicyclic) bond motifs is 5. The molecule has 0 N–H and O–H groups in total. The minimum Gasteiger partial charge on any atom is -0.460 e. The van der Waals surface area contributed by atoms with Crippen molar-refractivity contribution < 1.29 is 8.83 Å². The number of hydrogen-bond acceptors (Lipinski definition) is 3. The molecule has 0 bridgehead atoms. The molecule has 0 unspecified atom stereocenters. The van der Waals surface area contributed by atoms with Gasteiger partial charge in [0.2, 0.25) is 0 Å². The van der Waals surface area contributed by atoms with E-state index in [1.165, 1.54) is 24.5 Å². The summed E-state index contributed by atoms with van der Waals surface area (Å²) in [4.78, 5) is 11.5. The maximum atomic E-state index is 11.5. The van der Waals surface area contributed by atoms with E-state index in [1.807, 2.05) is 19.1 Å². The lowest BCUT2D eigenvalue weighted by molar-refractivity contribution is 0.505. The molecule has 3 aromatic rings. The molecule has 96 valence electrons. The van der Waals surface area contributed by atoms with Gasteiger partial charge in [-0.05, 0) is 43.9 Å². The van der Waals surface area contributed by atoms with Gasteiger partial charge in [0.1, 0.15) is 16.9 Å². The van der Waals surface area contributed by atoms with Gasteiger partial charge >= 0.3 is 5.63 Å². The van der Waals surface area contributed by atoms with Crippen LogP contribution in [0.2, 0.25) is 0 Å². The zero-order chi connectivity index (χ0) is 13.0. The van der Waals surface area contributed by atoms with Gasteiger partial charge in [-0.1, -0.05) is 0 Å². The van der Waals surface area contributed by atoms with Crippen LogP contribution in [0.5, 0.6) is 0 Å². The fraction of sp³-hybridized carbons (Fsp3) is 0.312. The molecule has 3 nitrogen and oxygen atoms in total. The van der Waals surface area contributed by atoms with Gasteiger partial charge in [0.05, 0.1) is 5.39 Å². The summed E-state index contributed by atoms with van der Waals surface area (Å²) >= 11 is 0. The first kappa shape index (κ1) is 10.9. The van der Waals surface area contributed by atoms with Gasteiger partial charge in [-0.3, -0.25) is 0 Å². The lowest BCUT2D eigenvalue weighted by atomic mass is 9.94. The minimum atomic E-state index is -0.302. The second-order valence-corrected chi connectivity index (χ2v) is 5.28. The normalized spacial score (nSPS) is 15.0. The van der Waals surface area contributed by atoms with Crippen molar-refractivity contribution in [2.24, 2.45) is 0 Å². The monoisotopic (exact) mass is 254 g/mol. The zero-order valence-electron chi connectivity index (χ0n) is 10.8. The average molecular weight is 254 g/mol. The summed E-state index contributed by atoms with van der Waals surface area (Å²) < 4.78 is 11.4. The highest BCUT2D eigenvalue weighted by atomic mass is 16.4. The molecule has 19 heavy (non-hydrogen) atoms. The third-order valence-electron chi connectivity index (χ3n) is 3.99. The van der Waals surface area contributed by atoms with E-state index in [-0.39, 0.29) is 5.63 Å². The molecular weight excluding hydrogens is 240 g/mol. The quantitative estimate of drug-likeness (QED) is 0.574. The van der Waals surface area contributed by atoms with E-state index in [0.717, 1.165) is 40.5 Å². The summed E-state index contributed by atoms with van der Waals surface area (Å²) in [6.45, 7) is 2.04. The van der Waals surface area contributed by atoms with Crippen LogP contribution in [0, 0.1) is 6.92 Å². The Balaban J connectivity index is 2.26. The van der Waals surface area contributed by atoms with Crippen LogP contribution in [-0.2, 0) is 12.8 Å². The van der Waals surface area contributed by atoms with Crippen LogP contribution in [0.3, 0.4) is 0 Å². The number of rotatable bonds is 0. The Morgan fingerprint density at radius 3 is 2.79 bits per heavy atom. The van der Waals surface area contributed by atoms with Crippen molar-refractivity contribution in [3.63, 3.8) is 0 Å². The molecule has 1 aliphatic rings. The molecule has 0 saturated carbocycles. The summed E-state index contributed by atoms with van der Waals surface area (Å²) in [5.41, 5.74) is 3.60. The van der Waals surface area contributed by atoms with Gasteiger partial charge in [0.25, 0.3) is 0 Å². The lowest BCUT2D eigenvalue weighted by Crippen LogP contribution is -2.00. The Labute approximate surface area is 109 Å². The highest BCUT2D eigenvalue weighted by molar-refractivity contribution is 6.05. The fourth-order valence-corrected chi connectivity index (χ4v) is 3.12. The first-order chi connectivity index (χ1) is 9.24. The average Bonchev–Trinajstić information content (AvgIpc) is 2.80. The molecule has 0 amide bonds. The number of aryl methyl sites for hydroxylation is 3. The maximum Gasteiger partial charge on any atom is 0.336 e. The second-order valence-electron chi connectivity index (χ2n) is 5.28. The Morgan fingerprint density at radius 2 is 1.89 bits per heavy atom. The van der Waals surface area contributed by atoms with Gasteiger partial charge in [0, 0.05) is 23.4 Å². The largest absolute Gasteiger partial charge is 0.460 e. The molecular formula is C16H14O3. The summed E-state index contributed by atoms with van der Waals surface area (Å²) in [6.07, 6.45) is 4.35. The van der Waals surface area contributed by atoms with Crippen LogP contribution in [0.1, 0.15) is 29.7 Å². The van der Waals surface area contributed by atoms with Crippen LogP contribution in [0.25, 0.3) is 21.9 Å². The molecule has 2 heterocycles. The first-order valence-electron chi connectivity index (χ1n) is 6.72. The third kappa shape index (κ3) is 1.47. The smallest absolute Gasteiger partial charge is 0.336 e. The standard InChI is InChI=1S/C16H14O3/c1-9-8-10-6-7-13(17)19-16(10)14-11-4-2-3-5-12(11)18-15(9)14/h6-8H,2-5H2,1H3. The van der Waals surface area contributed by atoms with E-state index >= 15 is 0 Å². The lowest BCUT2D eigenvalue weighted by Gasteiger charge is -2.08. The maximum absolute atomic E-state index is 11.5. The predicted molar refractivity (Wildman–Crippen MR) is 73.6 cm³/mol. The van der Waals surface area contributed by atoms with Crippen LogP contribution >= 0.6 is 0 Å². The van der Waals surface area contributed by atoms with Crippen LogP contribution in [0.4, 0.5) is 0 Å². The van der Waals surface area contributed by atoms with Gasteiger partial charge in [-0.25, -0.2) is 4.79 Å². The molecule has 0 radical (unpaired) electrons. The van der Waals surface area contributed by atoms with E-state index in [0.29, 0.717) is 5.58 Å². The van der Waals surface area contributed by atoms with Gasteiger partial charge in [-0.15, -0.1) is 0 Å². The molecule has 4 rings (SSSR count). The van der Waals surface area contributed by atoms with E-state index in [2.05, 4.69) is 0 Å². The Hall–Kier alpha value is -2.03. The summed E-state index contributed by atoms with van der Waals surface area (Å²) in [5.74, 6) is 1.07. The van der Waals surface area contributed by atoms with E-state index < -0.39 is 0 Å². The molecule has 1 aromatic carbocycles. The van der Waals surface area contributed by atoms with Crippen LogP contribution in [-0.4, -0.2) is 0 Å². The summed E-state index contributed by atoms with van der Waals surface area (Å²) in [6, 6.07) is 5.32. The van der Waals surface area contributed by atoms with Crippen LogP contribution < -0.4 is 5.63 Å². The Bertz CT molecular complexity index is 852. The van der Waals surface area contributed by atoms with E-state index in [4.69, 9.17) is 8.83 Å². The van der Waals surface area contributed by atoms with Crippen molar-refractivity contribution in [2.45, 2.75) is 32.6 Å². The molecule has 0 fully saturated rings. The van der Waals surface area contributed by atoms with Crippen molar-refractivity contribution in [1.29, 1.82) is 0 Å². The minimum absolute atomic E-state index is 0.302. The fourth-order valence-electron chi connectivity index (χ4n) is 3.12. The highest BCUT2D eigenvalue weighted by Crippen LogP contribution is 2.37. The third-order valence-corrected chi connectivity index (χ3v) is 3.99. The summed E-state index contributed by atoms with van der Waals surface area (Å²) in [5, 5.41) is 1.99. The van der Waals surface area contributed by atoms with Crippen molar-refractivity contribution >= 4 is 21.9 Å². The van der Waals surface area contributed by atoms with E-state index in [9.17, 15) is 4.79 Å². The van der Waals surface area contributed by atoms with Crippen molar-refractivity contribution in [1.82, 2.24) is 0 Å². The number of benzene rings is 1. The number of furan rings is 1. The zero-order valence-corrected chi connectivity index (χ0v) is 10.8. The molecule has 0 spiro atoms. The number of hydrogen-bond donors (Lipinski definition) is 0. The molecule has 2 aromatic heterocycles. The topological polar surface area (TPSA) is 43.4 Å². The molecule has 1 aliphatic carbocycles. The highest BCUT2D eigenvalue weighted by Gasteiger charge is 2.22. The Kier molecular flexibility index (Phi) is 2.13. The first-order valence-corrected chi connectivity index (χ1v) is 6.72. The van der Waals surface area contributed by atoms with Gasteiger partial charge in [0.15, 0.2) is 0 Å². The Morgan fingerprint density at radius 1 is 1.05 bits per heavy atom. The second kappa shape index (κ2) is 3.73. The molecule has 0 aliphatic heterocycles.